The van der Waals surface area contributed by atoms with Gasteiger partial charge in [0.25, 0.3) is 5.91 Å². The average Bonchev–Trinajstić information content (AvgIpc) is 2.50. The van der Waals surface area contributed by atoms with Gasteiger partial charge in [0.1, 0.15) is 17.7 Å². The lowest BCUT2D eigenvalue weighted by atomic mass is 10.2. The Morgan fingerprint density at radius 1 is 1.45 bits per heavy atom. The van der Waals surface area contributed by atoms with Crippen molar-refractivity contribution in [2.45, 2.75) is 18.9 Å². The number of esters is 1. The van der Waals surface area contributed by atoms with Crippen molar-refractivity contribution in [3.05, 3.63) is 11.8 Å². The molecule has 8 nitrogen and oxygen atoms in total. The lowest BCUT2D eigenvalue weighted by Crippen LogP contribution is -2.41. The summed E-state index contributed by atoms with van der Waals surface area (Å²) in [6, 6.07) is 0.627. The Balaban J connectivity index is 4.53. The van der Waals surface area contributed by atoms with E-state index in [1.54, 1.807) is 6.07 Å². The maximum atomic E-state index is 11.8. The Hall–Kier alpha value is -2.21. The molecule has 0 aromatic heterocycles. The predicted octanol–water partition coefficient (Wildman–Crippen LogP) is -0.131. The van der Waals surface area contributed by atoms with E-state index in [2.05, 4.69) is 15.4 Å². The number of thioether (sulfide) groups is 1. The van der Waals surface area contributed by atoms with E-state index in [4.69, 9.17) is 10.4 Å². The molecule has 22 heavy (non-hydrogen) atoms. The molecular formula is C13H19N3O5S. The van der Waals surface area contributed by atoms with Gasteiger partial charge in [0.05, 0.1) is 13.5 Å². The van der Waals surface area contributed by atoms with E-state index in [9.17, 15) is 14.4 Å². The smallest absolute Gasteiger partial charge is 0.326 e. The zero-order chi connectivity index (χ0) is 17.0. The molecule has 0 aliphatic heterocycles. The van der Waals surface area contributed by atoms with Gasteiger partial charge in [0.2, 0.25) is 0 Å². The molecule has 1 atom stereocenters. The monoisotopic (exact) mass is 329 g/mol. The van der Waals surface area contributed by atoms with Crippen LogP contribution in [0.4, 0.5) is 0 Å². The maximum absolute atomic E-state index is 11.8. The lowest BCUT2D eigenvalue weighted by Gasteiger charge is -2.13. The summed E-state index contributed by atoms with van der Waals surface area (Å²) in [5.74, 6) is -1.79. The Morgan fingerprint density at radius 2 is 2.14 bits per heavy atom. The number of amides is 1. The molecule has 0 bridgehead atoms. The molecule has 1 unspecified atom stereocenters. The second-order valence-electron chi connectivity index (χ2n) is 4.10. The normalized spacial score (nSPS) is 12.0. The summed E-state index contributed by atoms with van der Waals surface area (Å²) in [5, 5.41) is 22.8. The van der Waals surface area contributed by atoms with Gasteiger partial charge < -0.3 is 20.5 Å². The van der Waals surface area contributed by atoms with Crippen LogP contribution < -0.4 is 10.6 Å². The molecule has 0 saturated heterocycles. The number of rotatable bonds is 10. The van der Waals surface area contributed by atoms with Crippen molar-refractivity contribution in [3.8, 4) is 6.07 Å². The largest absolute Gasteiger partial charge is 0.480 e. The molecule has 122 valence electrons. The number of carbonyl (C=O) groups excluding carboxylic acids is 2. The topological polar surface area (TPSA) is 129 Å². The molecule has 0 heterocycles. The van der Waals surface area contributed by atoms with Crippen LogP contribution in [-0.2, 0) is 19.1 Å². The zero-order valence-electron chi connectivity index (χ0n) is 12.4. The Morgan fingerprint density at radius 3 is 2.64 bits per heavy atom. The standard InChI is InChI=1S/C13H19N3O5S/c1-21-11(17)3-5-15-8-9(7-14)12(18)16-10(13(19)20)4-6-22-2/h8,10,15H,3-6H2,1-2H3,(H,16,18)(H,19,20)/b9-8-. The van der Waals surface area contributed by atoms with Crippen molar-refractivity contribution in [1.82, 2.24) is 10.6 Å². The van der Waals surface area contributed by atoms with E-state index >= 15 is 0 Å². The minimum atomic E-state index is -1.15. The van der Waals surface area contributed by atoms with Gasteiger partial charge in [-0.2, -0.15) is 17.0 Å². The first-order chi connectivity index (χ1) is 10.5. The molecule has 0 saturated carbocycles. The first-order valence-electron chi connectivity index (χ1n) is 6.39. The predicted molar refractivity (Wildman–Crippen MR) is 80.9 cm³/mol. The summed E-state index contributed by atoms with van der Waals surface area (Å²) in [4.78, 5) is 33.7. The summed E-state index contributed by atoms with van der Waals surface area (Å²) < 4.78 is 4.44. The molecule has 0 fully saturated rings. The van der Waals surface area contributed by atoms with Gasteiger partial charge in [-0.1, -0.05) is 0 Å². The van der Waals surface area contributed by atoms with Crippen molar-refractivity contribution in [3.63, 3.8) is 0 Å². The van der Waals surface area contributed by atoms with E-state index in [1.165, 1.54) is 18.9 Å². The second-order valence-corrected chi connectivity index (χ2v) is 5.08. The minimum Gasteiger partial charge on any atom is -0.480 e. The molecule has 1 amide bonds. The number of methoxy groups -OCH3 is 1. The Labute approximate surface area is 132 Å². The van der Waals surface area contributed by atoms with E-state index in [-0.39, 0.29) is 25.0 Å². The minimum absolute atomic E-state index is 0.0821. The van der Waals surface area contributed by atoms with Crippen molar-refractivity contribution in [1.29, 1.82) is 5.26 Å². The van der Waals surface area contributed by atoms with Crippen LogP contribution in [0, 0.1) is 11.3 Å². The van der Waals surface area contributed by atoms with Crippen molar-refractivity contribution in [2.75, 3.05) is 25.7 Å². The number of carbonyl (C=O) groups is 3. The van der Waals surface area contributed by atoms with Crippen LogP contribution in [0.5, 0.6) is 0 Å². The van der Waals surface area contributed by atoms with Gasteiger partial charge in [0, 0.05) is 12.7 Å². The number of hydrogen-bond donors (Lipinski definition) is 3. The number of nitrogens with zero attached hydrogens (tertiary/aromatic N) is 1. The highest BCUT2D eigenvalue weighted by atomic mass is 32.2. The second kappa shape index (κ2) is 11.4. The number of carboxylic acid groups (broad SMARTS) is 1. The molecule has 0 aliphatic rings. The highest BCUT2D eigenvalue weighted by Crippen LogP contribution is 2.02. The highest BCUT2D eigenvalue weighted by molar-refractivity contribution is 7.98. The van der Waals surface area contributed by atoms with Crippen LogP contribution in [0.2, 0.25) is 0 Å². The number of ether oxygens (including phenoxy) is 1. The summed E-state index contributed by atoms with van der Waals surface area (Å²) in [7, 11) is 1.26. The fourth-order valence-corrected chi connectivity index (χ4v) is 1.80. The maximum Gasteiger partial charge on any atom is 0.326 e. The van der Waals surface area contributed by atoms with Crippen molar-refractivity contribution >= 4 is 29.6 Å². The molecule has 0 spiro atoms. The van der Waals surface area contributed by atoms with Crippen LogP contribution in [0.3, 0.4) is 0 Å². The third-order valence-electron chi connectivity index (χ3n) is 2.53. The lowest BCUT2D eigenvalue weighted by molar-refractivity contribution is -0.141. The van der Waals surface area contributed by atoms with Gasteiger partial charge in [-0.05, 0) is 18.4 Å². The van der Waals surface area contributed by atoms with E-state index in [0.717, 1.165) is 6.20 Å². The van der Waals surface area contributed by atoms with Crippen LogP contribution in [0.1, 0.15) is 12.8 Å². The summed E-state index contributed by atoms with van der Waals surface area (Å²) in [6.07, 6.45) is 3.31. The number of carboxylic acids is 1. The number of hydrogen-bond acceptors (Lipinski definition) is 7. The van der Waals surface area contributed by atoms with Gasteiger partial charge in [-0.25, -0.2) is 4.79 Å². The third kappa shape index (κ3) is 8.16. The number of nitriles is 1. The van der Waals surface area contributed by atoms with Gasteiger partial charge in [0.15, 0.2) is 0 Å². The first kappa shape index (κ1) is 19.8. The summed E-state index contributed by atoms with van der Waals surface area (Å²) in [6.45, 7) is 0.194. The molecule has 0 rings (SSSR count). The third-order valence-corrected chi connectivity index (χ3v) is 3.17. The van der Waals surface area contributed by atoms with Crippen molar-refractivity contribution in [2.24, 2.45) is 0 Å². The van der Waals surface area contributed by atoms with E-state index in [1.807, 2.05) is 6.26 Å². The number of nitrogens with one attached hydrogen (secondary N) is 2. The molecule has 0 aromatic carbocycles. The van der Waals surface area contributed by atoms with Crippen LogP contribution in [-0.4, -0.2) is 54.7 Å². The fraction of sp³-hybridized carbons (Fsp3) is 0.538. The van der Waals surface area contributed by atoms with Gasteiger partial charge in [-0.15, -0.1) is 0 Å². The summed E-state index contributed by atoms with van der Waals surface area (Å²) >= 11 is 1.46. The molecule has 0 aliphatic carbocycles. The number of aliphatic carboxylic acids is 1. The van der Waals surface area contributed by atoms with Crippen LogP contribution in [0.15, 0.2) is 11.8 Å². The molecular weight excluding hydrogens is 310 g/mol. The molecule has 0 aromatic rings. The SMILES string of the molecule is COC(=O)CCN/C=C(/C#N)C(=O)NC(CCSC)C(=O)O. The molecule has 0 radical (unpaired) electrons. The average molecular weight is 329 g/mol. The quantitative estimate of drug-likeness (QED) is 0.219. The molecule has 9 heteroatoms. The van der Waals surface area contributed by atoms with Crippen LogP contribution in [0.25, 0.3) is 0 Å². The zero-order valence-corrected chi connectivity index (χ0v) is 13.2. The van der Waals surface area contributed by atoms with Gasteiger partial charge >= 0.3 is 11.9 Å². The Bertz CT molecular complexity index is 473. The van der Waals surface area contributed by atoms with Crippen LogP contribution >= 0.6 is 11.8 Å². The van der Waals surface area contributed by atoms with Gasteiger partial charge in [-0.3, -0.25) is 9.59 Å². The van der Waals surface area contributed by atoms with Crippen molar-refractivity contribution < 1.29 is 24.2 Å². The fourth-order valence-electron chi connectivity index (χ4n) is 1.33. The van der Waals surface area contributed by atoms with E-state index < -0.39 is 23.9 Å². The summed E-state index contributed by atoms with van der Waals surface area (Å²) in [5.41, 5.74) is -0.264. The Kier molecular flexibility index (Phi) is 10.3. The van der Waals surface area contributed by atoms with E-state index in [0.29, 0.717) is 5.75 Å². The highest BCUT2D eigenvalue weighted by Gasteiger charge is 2.21. The first-order valence-corrected chi connectivity index (χ1v) is 7.78. The molecule has 3 N–H and O–H groups in total.